The Morgan fingerprint density at radius 1 is 1.15 bits per heavy atom. The number of hydrogen-bond acceptors (Lipinski definition) is 5. The van der Waals surface area contributed by atoms with Gasteiger partial charge in [-0.15, -0.1) is 0 Å². The molecule has 4 rings (SSSR count). The minimum Gasteiger partial charge on any atom is -0.356 e. The predicted octanol–water partition coefficient (Wildman–Crippen LogP) is 1.84. The van der Waals surface area contributed by atoms with Gasteiger partial charge in [-0.3, -0.25) is 9.48 Å². The lowest BCUT2D eigenvalue weighted by Crippen LogP contribution is -2.47. The Kier molecular flexibility index (Phi) is 4.24. The van der Waals surface area contributed by atoms with Gasteiger partial charge in [-0.2, -0.15) is 5.10 Å². The van der Waals surface area contributed by atoms with Crippen LogP contribution in [0.3, 0.4) is 0 Å². The van der Waals surface area contributed by atoms with Crippen LogP contribution in [-0.2, 0) is 11.8 Å². The molecule has 2 aromatic heterocycles. The van der Waals surface area contributed by atoms with E-state index in [4.69, 9.17) is 0 Å². The van der Waals surface area contributed by atoms with Crippen LogP contribution >= 0.6 is 0 Å². The highest BCUT2D eigenvalue weighted by Gasteiger charge is 2.38. The number of anilines is 1. The van der Waals surface area contributed by atoms with Crippen LogP contribution in [0, 0.1) is 5.92 Å². The first kappa shape index (κ1) is 17.1. The Hall–Kier alpha value is -2.32. The molecule has 0 N–H and O–H groups in total. The van der Waals surface area contributed by atoms with Gasteiger partial charge in [-0.1, -0.05) is 0 Å². The van der Waals surface area contributed by atoms with Crippen LogP contribution in [0.15, 0.2) is 12.5 Å². The molecule has 4 heterocycles. The number of fused-ring (bicyclic) bond motifs is 1. The van der Waals surface area contributed by atoms with Crippen LogP contribution in [0.25, 0.3) is 11.0 Å². The van der Waals surface area contributed by atoms with Gasteiger partial charge in [-0.25, -0.2) is 18.7 Å². The number of aryl methyl sites for hydroxylation is 1. The zero-order valence-electron chi connectivity index (χ0n) is 14.7. The van der Waals surface area contributed by atoms with E-state index >= 15 is 0 Å². The molecule has 2 aromatic rings. The highest BCUT2D eigenvalue weighted by molar-refractivity contribution is 5.87. The average Bonchev–Trinajstić information content (AvgIpc) is 3.03. The molecule has 9 heteroatoms. The second-order valence-electron chi connectivity index (χ2n) is 7.15. The Balaban J connectivity index is 1.40. The van der Waals surface area contributed by atoms with Gasteiger partial charge >= 0.3 is 0 Å². The molecule has 0 bridgehead atoms. The second-order valence-corrected chi connectivity index (χ2v) is 7.15. The molecule has 26 heavy (non-hydrogen) atoms. The molecule has 2 aliphatic rings. The van der Waals surface area contributed by atoms with Crippen LogP contribution in [0.1, 0.15) is 25.7 Å². The third-order valence-corrected chi connectivity index (χ3v) is 5.46. The third-order valence-electron chi connectivity index (χ3n) is 5.46. The van der Waals surface area contributed by atoms with Crippen LogP contribution < -0.4 is 4.90 Å². The molecule has 0 atom stereocenters. The van der Waals surface area contributed by atoms with Gasteiger partial charge in [0.25, 0.3) is 5.92 Å². The maximum atomic E-state index is 13.3. The van der Waals surface area contributed by atoms with Gasteiger partial charge in [0.2, 0.25) is 5.91 Å². The molecule has 0 spiro atoms. The standard InChI is InChI=1S/C17H22F2N6O/c1-23-14-13(10-22-23)15(21-11-20-14)24-6-2-12(3-7-24)16(26)25-8-4-17(18,19)5-9-25/h10-12H,2-9H2,1H3. The quantitative estimate of drug-likeness (QED) is 0.813. The van der Waals surface area contributed by atoms with Gasteiger partial charge < -0.3 is 9.80 Å². The van der Waals surface area contributed by atoms with E-state index in [1.54, 1.807) is 15.8 Å². The number of alkyl halides is 2. The number of aromatic nitrogens is 4. The van der Waals surface area contributed by atoms with E-state index in [1.165, 1.54) is 6.33 Å². The van der Waals surface area contributed by atoms with E-state index in [0.717, 1.165) is 16.9 Å². The zero-order valence-corrected chi connectivity index (χ0v) is 14.7. The summed E-state index contributed by atoms with van der Waals surface area (Å²) >= 11 is 0. The number of piperidine rings is 2. The first-order valence-corrected chi connectivity index (χ1v) is 8.99. The van der Waals surface area contributed by atoms with E-state index in [1.807, 2.05) is 7.05 Å². The molecular formula is C17H22F2N6O. The van der Waals surface area contributed by atoms with Crippen LogP contribution in [-0.4, -0.2) is 62.7 Å². The van der Waals surface area contributed by atoms with Crippen LogP contribution in [0.5, 0.6) is 0 Å². The lowest BCUT2D eigenvalue weighted by atomic mass is 9.94. The number of likely N-dealkylation sites (tertiary alicyclic amines) is 1. The summed E-state index contributed by atoms with van der Waals surface area (Å²) in [6, 6.07) is 0. The van der Waals surface area contributed by atoms with Gasteiger partial charge in [0.15, 0.2) is 5.65 Å². The largest absolute Gasteiger partial charge is 0.356 e. The van der Waals surface area contributed by atoms with E-state index in [0.29, 0.717) is 25.9 Å². The fourth-order valence-electron chi connectivity index (χ4n) is 3.85. The van der Waals surface area contributed by atoms with Crippen molar-refractivity contribution < 1.29 is 13.6 Å². The topological polar surface area (TPSA) is 67.2 Å². The summed E-state index contributed by atoms with van der Waals surface area (Å²) in [4.78, 5) is 25.1. The van der Waals surface area contributed by atoms with E-state index in [2.05, 4.69) is 20.0 Å². The number of amides is 1. The molecular weight excluding hydrogens is 342 g/mol. The van der Waals surface area contributed by atoms with Gasteiger partial charge in [0, 0.05) is 52.0 Å². The number of nitrogens with zero attached hydrogens (tertiary/aromatic N) is 6. The van der Waals surface area contributed by atoms with Gasteiger partial charge in [-0.05, 0) is 12.8 Å². The lowest BCUT2D eigenvalue weighted by Gasteiger charge is -2.37. The zero-order chi connectivity index (χ0) is 18.3. The first-order valence-electron chi connectivity index (χ1n) is 8.99. The SMILES string of the molecule is Cn1ncc2c(N3CCC(C(=O)N4CCC(F)(F)CC4)CC3)ncnc21. The van der Waals surface area contributed by atoms with Crippen molar-refractivity contribution in [2.45, 2.75) is 31.6 Å². The fraction of sp³-hybridized carbons (Fsp3) is 0.647. The molecule has 0 aliphatic carbocycles. The first-order chi connectivity index (χ1) is 12.4. The van der Waals surface area contributed by atoms with Crippen molar-refractivity contribution in [3.63, 3.8) is 0 Å². The van der Waals surface area contributed by atoms with Crippen molar-refractivity contribution >= 4 is 22.8 Å². The summed E-state index contributed by atoms with van der Waals surface area (Å²) in [5.74, 6) is -1.85. The fourth-order valence-corrected chi connectivity index (χ4v) is 3.85. The van der Waals surface area contributed by atoms with E-state index in [9.17, 15) is 13.6 Å². The highest BCUT2D eigenvalue weighted by atomic mass is 19.3. The molecule has 0 radical (unpaired) electrons. The Morgan fingerprint density at radius 2 is 1.85 bits per heavy atom. The van der Waals surface area contributed by atoms with E-state index in [-0.39, 0.29) is 37.8 Å². The molecule has 0 aromatic carbocycles. The summed E-state index contributed by atoms with van der Waals surface area (Å²) in [5, 5.41) is 5.13. The molecule has 7 nitrogen and oxygen atoms in total. The molecule has 2 aliphatic heterocycles. The van der Waals surface area contributed by atoms with Crippen molar-refractivity contribution in [1.82, 2.24) is 24.6 Å². The molecule has 0 saturated carbocycles. The predicted molar refractivity (Wildman–Crippen MR) is 92.0 cm³/mol. The van der Waals surface area contributed by atoms with Crippen molar-refractivity contribution in [2.24, 2.45) is 13.0 Å². The minimum atomic E-state index is -2.62. The Labute approximate surface area is 150 Å². The van der Waals surface area contributed by atoms with Crippen LogP contribution in [0.4, 0.5) is 14.6 Å². The van der Waals surface area contributed by atoms with Crippen LogP contribution in [0.2, 0.25) is 0 Å². The monoisotopic (exact) mass is 364 g/mol. The number of rotatable bonds is 2. The summed E-state index contributed by atoms with van der Waals surface area (Å²) in [5.41, 5.74) is 0.780. The number of carbonyl (C=O) groups excluding carboxylic acids is 1. The van der Waals surface area contributed by atoms with E-state index < -0.39 is 5.92 Å². The van der Waals surface area contributed by atoms with Crippen molar-refractivity contribution in [1.29, 1.82) is 0 Å². The molecule has 1 amide bonds. The average molecular weight is 364 g/mol. The summed E-state index contributed by atoms with van der Waals surface area (Å²) in [6.45, 7) is 1.74. The van der Waals surface area contributed by atoms with Crippen molar-refractivity contribution in [3.8, 4) is 0 Å². The minimum absolute atomic E-state index is 0.0226. The summed E-state index contributed by atoms with van der Waals surface area (Å²) in [7, 11) is 1.84. The maximum absolute atomic E-state index is 13.3. The highest BCUT2D eigenvalue weighted by Crippen LogP contribution is 2.31. The third kappa shape index (κ3) is 3.10. The number of halogens is 2. The normalized spacial score (nSPS) is 21.3. The molecule has 0 unspecified atom stereocenters. The number of hydrogen-bond donors (Lipinski definition) is 0. The van der Waals surface area contributed by atoms with Crippen molar-refractivity contribution in [2.75, 3.05) is 31.1 Å². The maximum Gasteiger partial charge on any atom is 0.251 e. The second kappa shape index (κ2) is 6.44. The Morgan fingerprint density at radius 3 is 2.54 bits per heavy atom. The Bertz CT molecular complexity index is 805. The summed E-state index contributed by atoms with van der Waals surface area (Å²) in [6.07, 6.45) is 4.25. The smallest absolute Gasteiger partial charge is 0.251 e. The van der Waals surface area contributed by atoms with Gasteiger partial charge in [0.05, 0.1) is 11.6 Å². The lowest BCUT2D eigenvalue weighted by molar-refractivity contribution is -0.142. The summed E-state index contributed by atoms with van der Waals surface area (Å²) < 4.78 is 28.3. The number of carbonyl (C=O) groups is 1. The molecule has 2 saturated heterocycles. The molecule has 2 fully saturated rings. The van der Waals surface area contributed by atoms with Gasteiger partial charge in [0.1, 0.15) is 12.1 Å². The van der Waals surface area contributed by atoms with Crippen molar-refractivity contribution in [3.05, 3.63) is 12.5 Å². The molecule has 140 valence electrons.